The number of hydrogen-bond donors (Lipinski definition) is 3. The van der Waals surface area contributed by atoms with Gasteiger partial charge in [0.1, 0.15) is 11.0 Å². The number of esters is 1. The molecule has 160 valence electrons. The van der Waals surface area contributed by atoms with Gasteiger partial charge in [0.05, 0.1) is 25.3 Å². The minimum Gasteiger partial charge on any atom is -0.507 e. The number of benzene rings is 2. The van der Waals surface area contributed by atoms with Crippen LogP contribution in [0.15, 0.2) is 47.6 Å². The number of imide groups is 1. The average molecular weight is 443 g/mol. The van der Waals surface area contributed by atoms with E-state index >= 15 is 0 Å². The third kappa shape index (κ3) is 5.60. The highest BCUT2D eigenvalue weighted by Crippen LogP contribution is 2.29. The van der Waals surface area contributed by atoms with Crippen LogP contribution in [0.25, 0.3) is 0 Å². The van der Waals surface area contributed by atoms with Gasteiger partial charge in [0.25, 0.3) is 11.1 Å². The predicted octanol–water partition coefficient (Wildman–Crippen LogP) is 1.81. The zero-order valence-corrected chi connectivity index (χ0v) is 17.0. The molecule has 2 aromatic rings. The van der Waals surface area contributed by atoms with Crippen LogP contribution in [-0.4, -0.2) is 46.7 Å². The van der Waals surface area contributed by atoms with E-state index in [0.717, 1.165) is 11.8 Å². The minimum absolute atomic E-state index is 0.0790. The lowest BCUT2D eigenvalue weighted by Gasteiger charge is -2.10. The predicted molar refractivity (Wildman–Crippen MR) is 111 cm³/mol. The number of phenols is 1. The number of amides is 3. The molecule has 3 rings (SSSR count). The fourth-order valence-electron chi connectivity index (χ4n) is 2.58. The van der Waals surface area contributed by atoms with Gasteiger partial charge >= 0.3 is 5.97 Å². The third-order valence-corrected chi connectivity index (χ3v) is 5.04. The first-order valence-electron chi connectivity index (χ1n) is 8.89. The van der Waals surface area contributed by atoms with E-state index in [1.165, 1.54) is 37.6 Å². The number of phenolic OH excluding ortho intramolecular Hbond substituents is 1. The van der Waals surface area contributed by atoms with Gasteiger partial charge in [-0.25, -0.2) is 5.43 Å². The van der Waals surface area contributed by atoms with Gasteiger partial charge in [-0.2, -0.15) is 5.10 Å². The van der Waals surface area contributed by atoms with Crippen molar-refractivity contribution in [3.8, 4) is 17.2 Å². The Balaban J connectivity index is 1.61. The van der Waals surface area contributed by atoms with Crippen molar-refractivity contribution >= 4 is 41.0 Å². The molecule has 3 amide bonds. The van der Waals surface area contributed by atoms with Crippen molar-refractivity contribution in [1.29, 1.82) is 0 Å². The van der Waals surface area contributed by atoms with Crippen LogP contribution in [0.3, 0.4) is 0 Å². The molecule has 0 aliphatic carbocycles. The summed E-state index contributed by atoms with van der Waals surface area (Å²) in [6.45, 7) is 0. The number of carbonyl (C=O) groups is 4. The van der Waals surface area contributed by atoms with Crippen LogP contribution < -0.4 is 20.2 Å². The summed E-state index contributed by atoms with van der Waals surface area (Å²) in [4.78, 5) is 46.9. The molecule has 1 fully saturated rings. The van der Waals surface area contributed by atoms with Crippen molar-refractivity contribution in [2.45, 2.75) is 11.7 Å². The van der Waals surface area contributed by atoms with E-state index in [2.05, 4.69) is 15.8 Å². The molecule has 1 aliphatic rings. The number of para-hydroxylation sites is 1. The molecule has 2 aromatic carbocycles. The van der Waals surface area contributed by atoms with Crippen molar-refractivity contribution in [2.24, 2.45) is 5.10 Å². The lowest BCUT2D eigenvalue weighted by atomic mass is 10.2. The first-order chi connectivity index (χ1) is 14.9. The summed E-state index contributed by atoms with van der Waals surface area (Å²) in [6.07, 6.45) is 1.07. The normalized spacial score (nSPS) is 15.6. The quantitative estimate of drug-likeness (QED) is 0.254. The maximum atomic E-state index is 12.1. The zero-order chi connectivity index (χ0) is 22.4. The maximum absolute atomic E-state index is 12.1. The second kappa shape index (κ2) is 9.76. The Labute approximate surface area is 180 Å². The molecule has 10 nitrogen and oxygen atoms in total. The summed E-state index contributed by atoms with van der Waals surface area (Å²) in [5.74, 6) is -1.63. The van der Waals surface area contributed by atoms with Gasteiger partial charge in [-0.1, -0.05) is 23.9 Å². The molecule has 0 aromatic heterocycles. The van der Waals surface area contributed by atoms with Gasteiger partial charge in [-0.3, -0.25) is 24.5 Å². The average Bonchev–Trinajstić information content (AvgIpc) is 3.05. The first kappa shape index (κ1) is 21.8. The Kier molecular flexibility index (Phi) is 6.88. The number of rotatable bonds is 7. The molecule has 1 aliphatic heterocycles. The van der Waals surface area contributed by atoms with Crippen molar-refractivity contribution in [3.05, 3.63) is 53.6 Å². The Morgan fingerprint density at radius 3 is 2.68 bits per heavy atom. The van der Waals surface area contributed by atoms with Crippen LogP contribution in [0.5, 0.6) is 17.2 Å². The minimum atomic E-state index is -0.829. The Morgan fingerprint density at radius 1 is 1.23 bits per heavy atom. The van der Waals surface area contributed by atoms with E-state index in [0.29, 0.717) is 5.56 Å². The molecule has 31 heavy (non-hydrogen) atoms. The molecule has 11 heteroatoms. The molecule has 1 saturated heterocycles. The van der Waals surface area contributed by atoms with E-state index in [1.54, 1.807) is 18.2 Å². The number of carbonyl (C=O) groups excluding carboxylic acids is 4. The summed E-state index contributed by atoms with van der Waals surface area (Å²) in [6, 6.07) is 10.6. The summed E-state index contributed by atoms with van der Waals surface area (Å²) in [5.41, 5.74) is 2.91. The van der Waals surface area contributed by atoms with Crippen molar-refractivity contribution in [1.82, 2.24) is 10.7 Å². The number of hydrogen-bond acceptors (Lipinski definition) is 9. The fourth-order valence-corrected chi connectivity index (χ4v) is 3.39. The second-order valence-corrected chi connectivity index (χ2v) is 7.36. The van der Waals surface area contributed by atoms with Gasteiger partial charge in [0.2, 0.25) is 5.91 Å². The van der Waals surface area contributed by atoms with Crippen molar-refractivity contribution in [2.75, 3.05) is 7.11 Å². The van der Waals surface area contributed by atoms with Crippen LogP contribution in [-0.2, 0) is 9.59 Å². The second-order valence-electron chi connectivity index (χ2n) is 6.19. The molecule has 1 atom stereocenters. The molecule has 0 saturated carbocycles. The number of methoxy groups -OCH3 is 1. The van der Waals surface area contributed by atoms with Crippen molar-refractivity contribution in [3.63, 3.8) is 0 Å². The lowest BCUT2D eigenvalue weighted by molar-refractivity contribution is -0.136. The topological polar surface area (TPSA) is 143 Å². The van der Waals surface area contributed by atoms with Crippen molar-refractivity contribution < 1.29 is 33.8 Å². The molecule has 0 radical (unpaired) electrons. The monoisotopic (exact) mass is 443 g/mol. The van der Waals surface area contributed by atoms with Gasteiger partial charge in [-0.15, -0.1) is 0 Å². The summed E-state index contributed by atoms with van der Waals surface area (Å²) >= 11 is 0.736. The number of nitrogens with zero attached hydrogens (tertiary/aromatic N) is 1. The number of thioether (sulfide) groups is 1. The smallest absolute Gasteiger partial charge is 0.312 e. The number of hydrazone groups is 1. The Morgan fingerprint density at radius 2 is 2.00 bits per heavy atom. The van der Waals surface area contributed by atoms with E-state index in [-0.39, 0.29) is 29.2 Å². The van der Waals surface area contributed by atoms with Crippen LogP contribution in [0.1, 0.15) is 22.3 Å². The third-order valence-electron chi connectivity index (χ3n) is 4.06. The number of ether oxygens (including phenoxy) is 2. The van der Waals surface area contributed by atoms with Crippen LogP contribution in [0.4, 0.5) is 4.79 Å². The Hall–Kier alpha value is -3.86. The summed E-state index contributed by atoms with van der Waals surface area (Å²) in [5, 5.41) is 14.3. The maximum Gasteiger partial charge on any atom is 0.312 e. The standard InChI is InChI=1S/C20H17N3O7S/c1-29-15-8-11(10-21-23-18(26)12-4-2-3-5-13(12)24)6-7-14(15)30-17(25)9-16-19(27)22-20(28)31-16/h2-8,10,16,24H,9H2,1H3,(H,23,26)(H,22,27,28)/b21-10-/t16-/m0/s1. The van der Waals surface area contributed by atoms with Crippen LogP contribution >= 0.6 is 11.8 Å². The van der Waals surface area contributed by atoms with Gasteiger partial charge in [0, 0.05) is 0 Å². The lowest BCUT2D eigenvalue weighted by Crippen LogP contribution is -2.27. The van der Waals surface area contributed by atoms with E-state index < -0.39 is 28.3 Å². The zero-order valence-electron chi connectivity index (χ0n) is 16.2. The summed E-state index contributed by atoms with van der Waals surface area (Å²) in [7, 11) is 1.38. The molecule has 0 unspecified atom stereocenters. The SMILES string of the molecule is COc1cc(/C=N\NC(=O)c2ccccc2O)ccc1OC(=O)C[C@@H]1SC(=O)NC1=O. The highest BCUT2D eigenvalue weighted by Gasteiger charge is 2.34. The number of aromatic hydroxyl groups is 1. The fraction of sp³-hybridized carbons (Fsp3) is 0.150. The summed E-state index contributed by atoms with van der Waals surface area (Å²) < 4.78 is 10.4. The van der Waals surface area contributed by atoms with Gasteiger partial charge in [-0.05, 0) is 35.9 Å². The van der Waals surface area contributed by atoms with Crippen LogP contribution in [0.2, 0.25) is 0 Å². The molecule has 1 heterocycles. The van der Waals surface area contributed by atoms with Gasteiger partial charge < -0.3 is 14.6 Å². The molecule has 3 N–H and O–H groups in total. The Bertz CT molecular complexity index is 1070. The van der Waals surface area contributed by atoms with E-state index in [1.807, 2.05) is 0 Å². The molecule has 0 spiro atoms. The highest BCUT2D eigenvalue weighted by atomic mass is 32.2. The van der Waals surface area contributed by atoms with Crippen LogP contribution in [0, 0.1) is 0 Å². The van der Waals surface area contributed by atoms with Gasteiger partial charge in [0.15, 0.2) is 11.5 Å². The highest BCUT2D eigenvalue weighted by molar-refractivity contribution is 8.15. The molecular formula is C20H17N3O7S. The number of nitrogens with one attached hydrogen (secondary N) is 2. The largest absolute Gasteiger partial charge is 0.507 e. The first-order valence-corrected chi connectivity index (χ1v) is 9.77. The van der Waals surface area contributed by atoms with E-state index in [9.17, 15) is 24.3 Å². The van der Waals surface area contributed by atoms with E-state index in [4.69, 9.17) is 9.47 Å². The molecular weight excluding hydrogens is 426 g/mol. The molecule has 0 bridgehead atoms.